The first-order valence-corrected chi connectivity index (χ1v) is 5.68. The predicted octanol–water partition coefficient (Wildman–Crippen LogP) is 1.79. The molecule has 0 saturated heterocycles. The number of nitrogens with zero attached hydrogens (tertiary/aromatic N) is 3. The van der Waals surface area contributed by atoms with Crippen LogP contribution in [0.4, 0.5) is 0 Å². The average molecular weight is 265 g/mol. The van der Waals surface area contributed by atoms with Crippen LogP contribution in [0.2, 0.25) is 0 Å². The van der Waals surface area contributed by atoms with Gasteiger partial charge < -0.3 is 15.3 Å². The van der Waals surface area contributed by atoms with Crippen LogP contribution in [-0.4, -0.2) is 33.9 Å². The number of aryl methyl sites for hydroxylation is 1. The van der Waals surface area contributed by atoms with Gasteiger partial charge in [0.15, 0.2) is 0 Å². The Bertz CT molecular complexity index is 512. The molecule has 0 spiro atoms. The Morgan fingerprint density at radius 2 is 2.16 bits per heavy atom. The first-order valence-electron chi connectivity index (χ1n) is 5.68. The molecule has 1 aromatic rings. The number of aliphatic hydroxyl groups is 2. The molecule has 0 heterocycles. The summed E-state index contributed by atoms with van der Waals surface area (Å²) < 4.78 is 0. The molecule has 1 aromatic carbocycles. The second-order valence-corrected chi connectivity index (χ2v) is 4.13. The summed E-state index contributed by atoms with van der Waals surface area (Å²) in [7, 11) is 0. The molecule has 7 nitrogen and oxygen atoms in total. The van der Waals surface area contributed by atoms with Crippen molar-refractivity contribution >= 4 is 5.97 Å². The third-order valence-corrected chi connectivity index (χ3v) is 2.79. The van der Waals surface area contributed by atoms with E-state index < -0.39 is 18.2 Å². The van der Waals surface area contributed by atoms with Gasteiger partial charge in [-0.15, -0.1) is 0 Å². The van der Waals surface area contributed by atoms with E-state index in [4.69, 9.17) is 10.6 Å². The molecule has 0 fully saturated rings. The Balaban J connectivity index is 2.87. The van der Waals surface area contributed by atoms with Gasteiger partial charge in [-0.05, 0) is 36.1 Å². The molecule has 0 aliphatic rings. The van der Waals surface area contributed by atoms with Crippen molar-refractivity contribution in [3.05, 3.63) is 45.3 Å². The molecule has 0 radical (unpaired) electrons. The Kier molecular flexibility index (Phi) is 5.32. The predicted molar refractivity (Wildman–Crippen MR) is 67.7 cm³/mol. The van der Waals surface area contributed by atoms with E-state index in [2.05, 4.69) is 10.0 Å². The fraction of sp³-hybridized carbons (Fsp3) is 0.417. The Labute approximate surface area is 109 Å². The zero-order valence-electron chi connectivity index (χ0n) is 10.4. The SMILES string of the molecule is Cc1ccc(C(O)C(O)CCN=[N+]=[N-])cc1C(=O)O. The molecule has 102 valence electrons. The minimum atomic E-state index is -1.22. The molecule has 19 heavy (non-hydrogen) atoms. The van der Waals surface area contributed by atoms with Crippen LogP contribution in [0.15, 0.2) is 23.3 Å². The summed E-state index contributed by atoms with van der Waals surface area (Å²) in [5.74, 6) is -1.09. The molecule has 0 amide bonds. The van der Waals surface area contributed by atoms with Crippen LogP contribution in [0.1, 0.15) is 34.0 Å². The topological polar surface area (TPSA) is 127 Å². The van der Waals surface area contributed by atoms with Crippen LogP contribution in [0, 0.1) is 6.92 Å². The van der Waals surface area contributed by atoms with E-state index in [0.29, 0.717) is 11.1 Å². The van der Waals surface area contributed by atoms with Crippen molar-refractivity contribution in [2.45, 2.75) is 25.6 Å². The van der Waals surface area contributed by atoms with E-state index in [1.165, 1.54) is 6.07 Å². The third-order valence-electron chi connectivity index (χ3n) is 2.79. The smallest absolute Gasteiger partial charge is 0.335 e. The maximum Gasteiger partial charge on any atom is 0.335 e. The van der Waals surface area contributed by atoms with Crippen molar-refractivity contribution in [2.75, 3.05) is 6.54 Å². The molecule has 0 aliphatic carbocycles. The standard InChI is InChI=1S/C12H15N3O4/c1-7-2-3-8(6-9(7)12(18)19)11(17)10(16)4-5-14-15-13/h2-3,6,10-11,16-17H,4-5H2,1H3,(H,18,19). The highest BCUT2D eigenvalue weighted by Crippen LogP contribution is 2.22. The summed E-state index contributed by atoms with van der Waals surface area (Å²) in [6.45, 7) is 1.71. The largest absolute Gasteiger partial charge is 0.478 e. The Morgan fingerprint density at radius 3 is 2.74 bits per heavy atom. The number of rotatable bonds is 6. The summed E-state index contributed by atoms with van der Waals surface area (Å²) in [6.07, 6.45) is -2.23. The molecule has 0 aliphatic heterocycles. The van der Waals surface area contributed by atoms with Crippen molar-refractivity contribution in [1.82, 2.24) is 0 Å². The van der Waals surface area contributed by atoms with Gasteiger partial charge in [-0.25, -0.2) is 4.79 Å². The van der Waals surface area contributed by atoms with Crippen LogP contribution >= 0.6 is 0 Å². The van der Waals surface area contributed by atoms with Crippen molar-refractivity contribution in [2.24, 2.45) is 5.11 Å². The fourth-order valence-corrected chi connectivity index (χ4v) is 1.67. The monoisotopic (exact) mass is 265 g/mol. The first kappa shape index (κ1) is 15.0. The number of carboxylic acids is 1. The summed E-state index contributed by atoms with van der Waals surface area (Å²) in [5.41, 5.74) is 9.09. The van der Waals surface area contributed by atoms with Gasteiger partial charge in [-0.2, -0.15) is 0 Å². The molecule has 1 rings (SSSR count). The summed E-state index contributed by atoms with van der Waals surface area (Å²) in [4.78, 5) is 13.5. The molecule has 0 aromatic heterocycles. The fourth-order valence-electron chi connectivity index (χ4n) is 1.67. The Morgan fingerprint density at radius 1 is 1.47 bits per heavy atom. The lowest BCUT2D eigenvalue weighted by Gasteiger charge is -2.18. The van der Waals surface area contributed by atoms with E-state index in [9.17, 15) is 15.0 Å². The van der Waals surface area contributed by atoms with Gasteiger partial charge in [-0.1, -0.05) is 17.2 Å². The average Bonchev–Trinajstić information content (AvgIpc) is 2.38. The molecule has 0 bridgehead atoms. The molecule has 3 N–H and O–H groups in total. The highest BCUT2D eigenvalue weighted by atomic mass is 16.4. The van der Waals surface area contributed by atoms with Gasteiger partial charge in [-0.3, -0.25) is 0 Å². The summed E-state index contributed by atoms with van der Waals surface area (Å²) in [5, 5.41) is 31.9. The van der Waals surface area contributed by atoms with Crippen LogP contribution in [-0.2, 0) is 0 Å². The highest BCUT2D eigenvalue weighted by Gasteiger charge is 2.19. The molecule has 2 atom stereocenters. The van der Waals surface area contributed by atoms with Crippen molar-refractivity contribution < 1.29 is 20.1 Å². The molecular formula is C12H15N3O4. The molecule has 2 unspecified atom stereocenters. The summed E-state index contributed by atoms with van der Waals surface area (Å²) in [6, 6.07) is 4.46. The van der Waals surface area contributed by atoms with Crippen molar-refractivity contribution in [1.29, 1.82) is 0 Å². The van der Waals surface area contributed by atoms with Gasteiger partial charge >= 0.3 is 5.97 Å². The molecule has 0 saturated carbocycles. The third kappa shape index (κ3) is 3.96. The van der Waals surface area contributed by atoms with Crippen LogP contribution < -0.4 is 0 Å². The number of carboxylic acid groups (broad SMARTS) is 1. The number of benzene rings is 1. The lowest BCUT2D eigenvalue weighted by atomic mass is 9.97. The second-order valence-electron chi connectivity index (χ2n) is 4.13. The molecular weight excluding hydrogens is 250 g/mol. The van der Waals surface area contributed by atoms with Crippen molar-refractivity contribution in [3.63, 3.8) is 0 Å². The van der Waals surface area contributed by atoms with E-state index >= 15 is 0 Å². The van der Waals surface area contributed by atoms with Crippen LogP contribution in [0.25, 0.3) is 10.4 Å². The minimum Gasteiger partial charge on any atom is -0.478 e. The van der Waals surface area contributed by atoms with Gasteiger partial charge in [0.05, 0.1) is 11.7 Å². The van der Waals surface area contributed by atoms with E-state index in [1.54, 1.807) is 19.1 Å². The number of aliphatic hydroxyl groups excluding tert-OH is 2. The lowest BCUT2D eigenvalue weighted by molar-refractivity contribution is 0.0149. The number of carbonyl (C=O) groups is 1. The number of hydrogen-bond acceptors (Lipinski definition) is 4. The second kappa shape index (κ2) is 6.75. The van der Waals surface area contributed by atoms with Gasteiger partial charge in [0.25, 0.3) is 0 Å². The van der Waals surface area contributed by atoms with Gasteiger partial charge in [0.1, 0.15) is 6.10 Å². The zero-order chi connectivity index (χ0) is 14.4. The maximum atomic E-state index is 11.0. The number of aromatic carboxylic acids is 1. The van der Waals surface area contributed by atoms with Gasteiger partial charge in [0, 0.05) is 11.5 Å². The molecule has 7 heteroatoms. The van der Waals surface area contributed by atoms with E-state index in [1.807, 2.05) is 0 Å². The first-order chi connectivity index (χ1) is 8.97. The van der Waals surface area contributed by atoms with Gasteiger partial charge in [0.2, 0.25) is 0 Å². The Hall–Kier alpha value is -2.08. The van der Waals surface area contributed by atoms with E-state index in [0.717, 1.165) is 0 Å². The van der Waals surface area contributed by atoms with E-state index in [-0.39, 0.29) is 18.5 Å². The summed E-state index contributed by atoms with van der Waals surface area (Å²) >= 11 is 0. The quantitative estimate of drug-likeness (QED) is 0.411. The minimum absolute atomic E-state index is 0.0619. The van der Waals surface area contributed by atoms with Crippen molar-refractivity contribution in [3.8, 4) is 0 Å². The number of azide groups is 1. The highest BCUT2D eigenvalue weighted by molar-refractivity contribution is 5.89. The van der Waals surface area contributed by atoms with Crippen LogP contribution in [0.3, 0.4) is 0 Å². The maximum absolute atomic E-state index is 11.0. The number of hydrogen-bond donors (Lipinski definition) is 3. The normalized spacial score (nSPS) is 13.4. The van der Waals surface area contributed by atoms with Crippen LogP contribution in [0.5, 0.6) is 0 Å². The zero-order valence-corrected chi connectivity index (χ0v) is 10.4. The lowest BCUT2D eigenvalue weighted by Crippen LogP contribution is -2.19.